The van der Waals surface area contributed by atoms with E-state index in [-0.39, 0.29) is 5.91 Å². The zero-order chi connectivity index (χ0) is 12.1. The third-order valence-corrected chi connectivity index (χ3v) is 2.29. The quantitative estimate of drug-likeness (QED) is 0.791. The second-order valence-corrected chi connectivity index (χ2v) is 3.43. The fourth-order valence-corrected chi connectivity index (χ4v) is 1.48. The van der Waals surface area contributed by atoms with E-state index in [2.05, 4.69) is 10.2 Å². The van der Waals surface area contributed by atoms with Gasteiger partial charge in [-0.2, -0.15) is 5.90 Å². The van der Waals surface area contributed by atoms with Crippen molar-refractivity contribution in [2.24, 2.45) is 5.90 Å². The summed E-state index contributed by atoms with van der Waals surface area (Å²) in [6, 6.07) is 16.0. The lowest BCUT2D eigenvalue weighted by atomic mass is 10.2. The number of hydrogen-bond donors (Lipinski definition) is 2. The highest BCUT2D eigenvalue weighted by atomic mass is 16.6. The Balaban J connectivity index is 2.20. The summed E-state index contributed by atoms with van der Waals surface area (Å²) in [5, 5.41) is 2.76. The molecule has 0 aliphatic heterocycles. The lowest BCUT2D eigenvalue weighted by Gasteiger charge is -2.08. The number of para-hydroxylation sites is 2. The Morgan fingerprint density at radius 3 is 2.35 bits per heavy atom. The molecule has 2 rings (SSSR count). The van der Waals surface area contributed by atoms with Crippen molar-refractivity contribution in [3.05, 3.63) is 60.2 Å². The SMILES string of the molecule is NOc1ccccc1C(=O)Nc1ccccc1. The van der Waals surface area contributed by atoms with Gasteiger partial charge in [0.15, 0.2) is 5.75 Å². The molecule has 0 fully saturated rings. The summed E-state index contributed by atoms with van der Waals surface area (Å²) in [5.74, 6) is 5.20. The molecule has 0 heterocycles. The molecular weight excluding hydrogens is 216 g/mol. The molecule has 4 nitrogen and oxygen atoms in total. The average molecular weight is 228 g/mol. The molecule has 0 saturated carbocycles. The number of rotatable bonds is 3. The van der Waals surface area contributed by atoms with Crippen molar-refractivity contribution in [1.29, 1.82) is 0 Å². The molecule has 0 atom stereocenters. The zero-order valence-corrected chi connectivity index (χ0v) is 9.09. The maximum atomic E-state index is 11.9. The van der Waals surface area contributed by atoms with Crippen molar-refractivity contribution in [3.63, 3.8) is 0 Å². The third kappa shape index (κ3) is 2.62. The van der Waals surface area contributed by atoms with Gasteiger partial charge in [-0.1, -0.05) is 30.3 Å². The Labute approximate surface area is 99.0 Å². The second kappa shape index (κ2) is 5.14. The fourth-order valence-electron chi connectivity index (χ4n) is 1.48. The highest BCUT2D eigenvalue weighted by Crippen LogP contribution is 2.18. The number of amides is 1. The molecule has 0 unspecified atom stereocenters. The van der Waals surface area contributed by atoms with Gasteiger partial charge in [0, 0.05) is 5.69 Å². The summed E-state index contributed by atoms with van der Waals surface area (Å²) in [4.78, 5) is 16.6. The minimum atomic E-state index is -0.253. The van der Waals surface area contributed by atoms with Gasteiger partial charge in [-0.25, -0.2) is 0 Å². The molecule has 86 valence electrons. The van der Waals surface area contributed by atoms with E-state index in [1.807, 2.05) is 30.3 Å². The summed E-state index contributed by atoms with van der Waals surface area (Å²) in [7, 11) is 0. The molecule has 1 amide bonds. The van der Waals surface area contributed by atoms with Gasteiger partial charge in [0.1, 0.15) is 0 Å². The Morgan fingerprint density at radius 2 is 1.65 bits per heavy atom. The number of carbonyl (C=O) groups excluding carboxylic acids is 1. The van der Waals surface area contributed by atoms with E-state index in [0.717, 1.165) is 5.69 Å². The van der Waals surface area contributed by atoms with Crippen LogP contribution in [0.5, 0.6) is 5.75 Å². The molecule has 4 heteroatoms. The smallest absolute Gasteiger partial charge is 0.259 e. The van der Waals surface area contributed by atoms with Crippen molar-refractivity contribution in [2.45, 2.75) is 0 Å². The van der Waals surface area contributed by atoms with Crippen LogP contribution in [0.1, 0.15) is 10.4 Å². The van der Waals surface area contributed by atoms with Crippen LogP contribution in [0.2, 0.25) is 0 Å². The van der Waals surface area contributed by atoms with E-state index >= 15 is 0 Å². The first-order valence-electron chi connectivity index (χ1n) is 5.13. The lowest BCUT2D eigenvalue weighted by Crippen LogP contribution is -2.15. The van der Waals surface area contributed by atoms with Gasteiger partial charge < -0.3 is 10.2 Å². The van der Waals surface area contributed by atoms with E-state index < -0.39 is 0 Å². The maximum absolute atomic E-state index is 11.9. The molecule has 0 bridgehead atoms. The van der Waals surface area contributed by atoms with Crippen LogP contribution in [-0.2, 0) is 0 Å². The van der Waals surface area contributed by atoms with Crippen LogP contribution < -0.4 is 16.1 Å². The first kappa shape index (κ1) is 11.2. The van der Waals surface area contributed by atoms with Crippen LogP contribution in [0, 0.1) is 0 Å². The molecule has 0 aliphatic rings. The second-order valence-electron chi connectivity index (χ2n) is 3.43. The van der Waals surface area contributed by atoms with Crippen molar-refractivity contribution in [1.82, 2.24) is 0 Å². The predicted molar refractivity (Wildman–Crippen MR) is 65.7 cm³/mol. The van der Waals surface area contributed by atoms with Gasteiger partial charge in [-0.3, -0.25) is 4.79 Å². The normalized spacial score (nSPS) is 9.71. The number of hydrogen-bond acceptors (Lipinski definition) is 3. The summed E-state index contributed by atoms with van der Waals surface area (Å²) in [6.07, 6.45) is 0. The van der Waals surface area contributed by atoms with Gasteiger partial charge in [-0.15, -0.1) is 0 Å². The minimum Gasteiger partial charge on any atom is -0.411 e. The monoisotopic (exact) mass is 228 g/mol. The molecule has 0 aromatic heterocycles. The lowest BCUT2D eigenvalue weighted by molar-refractivity contribution is 0.102. The third-order valence-electron chi connectivity index (χ3n) is 2.29. The van der Waals surface area contributed by atoms with Gasteiger partial charge >= 0.3 is 0 Å². The van der Waals surface area contributed by atoms with E-state index in [4.69, 9.17) is 5.90 Å². The van der Waals surface area contributed by atoms with Crippen molar-refractivity contribution >= 4 is 11.6 Å². The van der Waals surface area contributed by atoms with Gasteiger partial charge in [-0.05, 0) is 24.3 Å². The topological polar surface area (TPSA) is 64.3 Å². The van der Waals surface area contributed by atoms with E-state index in [0.29, 0.717) is 11.3 Å². The predicted octanol–water partition coefficient (Wildman–Crippen LogP) is 2.19. The first-order valence-corrected chi connectivity index (χ1v) is 5.13. The first-order chi connectivity index (χ1) is 8.31. The zero-order valence-electron chi connectivity index (χ0n) is 9.09. The molecule has 17 heavy (non-hydrogen) atoms. The highest BCUT2D eigenvalue weighted by molar-refractivity contribution is 6.06. The number of anilines is 1. The van der Waals surface area contributed by atoms with Crippen molar-refractivity contribution in [3.8, 4) is 5.75 Å². The molecule has 2 aromatic carbocycles. The molecule has 0 radical (unpaired) electrons. The highest BCUT2D eigenvalue weighted by Gasteiger charge is 2.11. The van der Waals surface area contributed by atoms with Crippen LogP contribution in [0.3, 0.4) is 0 Å². The van der Waals surface area contributed by atoms with Crippen molar-refractivity contribution < 1.29 is 9.63 Å². The van der Waals surface area contributed by atoms with Gasteiger partial charge in [0.05, 0.1) is 5.56 Å². The molecule has 0 aliphatic carbocycles. The van der Waals surface area contributed by atoms with E-state index in [1.54, 1.807) is 24.3 Å². The van der Waals surface area contributed by atoms with Gasteiger partial charge in [0.2, 0.25) is 0 Å². The number of nitrogens with two attached hydrogens (primary N) is 1. The standard InChI is InChI=1S/C13H12N2O2/c14-17-12-9-5-4-8-11(12)13(16)15-10-6-2-1-3-7-10/h1-9H,14H2,(H,15,16). The molecule has 0 spiro atoms. The molecule has 3 N–H and O–H groups in total. The summed E-state index contributed by atoms with van der Waals surface area (Å²) >= 11 is 0. The molecule has 0 saturated heterocycles. The van der Waals surface area contributed by atoms with Crippen LogP contribution >= 0.6 is 0 Å². The van der Waals surface area contributed by atoms with Crippen LogP contribution in [-0.4, -0.2) is 5.91 Å². The summed E-state index contributed by atoms with van der Waals surface area (Å²) in [6.45, 7) is 0. The Bertz CT molecular complexity index is 512. The summed E-state index contributed by atoms with van der Waals surface area (Å²) in [5.41, 5.74) is 1.13. The van der Waals surface area contributed by atoms with Crippen LogP contribution in [0.4, 0.5) is 5.69 Å². The van der Waals surface area contributed by atoms with Crippen molar-refractivity contribution in [2.75, 3.05) is 5.32 Å². The van der Waals surface area contributed by atoms with Crippen LogP contribution in [0.25, 0.3) is 0 Å². The maximum Gasteiger partial charge on any atom is 0.259 e. The largest absolute Gasteiger partial charge is 0.411 e. The van der Waals surface area contributed by atoms with E-state index in [1.165, 1.54) is 0 Å². The number of benzene rings is 2. The Kier molecular flexibility index (Phi) is 3.37. The number of nitrogens with one attached hydrogen (secondary N) is 1. The Hall–Kier alpha value is -2.33. The average Bonchev–Trinajstić information content (AvgIpc) is 2.40. The Morgan fingerprint density at radius 1 is 1.00 bits per heavy atom. The fraction of sp³-hybridized carbons (Fsp3) is 0. The summed E-state index contributed by atoms with van der Waals surface area (Å²) < 4.78 is 0. The van der Waals surface area contributed by atoms with E-state index in [9.17, 15) is 4.79 Å². The van der Waals surface area contributed by atoms with Gasteiger partial charge in [0.25, 0.3) is 5.91 Å². The number of carbonyl (C=O) groups is 1. The minimum absolute atomic E-state index is 0.253. The molecular formula is C13H12N2O2. The van der Waals surface area contributed by atoms with Crippen LogP contribution in [0.15, 0.2) is 54.6 Å². The molecule has 2 aromatic rings.